The number of anilines is 2. The summed E-state index contributed by atoms with van der Waals surface area (Å²) in [7, 11) is 3.88. The van der Waals surface area contributed by atoms with Crippen LogP contribution in [0.2, 0.25) is 0 Å². The molecular formula is C13H18BrN3O. The van der Waals surface area contributed by atoms with E-state index in [0.29, 0.717) is 6.54 Å². The van der Waals surface area contributed by atoms with Gasteiger partial charge in [-0.15, -0.1) is 6.58 Å². The zero-order chi connectivity index (χ0) is 13.5. The zero-order valence-corrected chi connectivity index (χ0v) is 12.3. The number of benzene rings is 1. The number of hydrogen-bond acceptors (Lipinski definition) is 3. The number of hydrogen-bond donors (Lipinski definition) is 2. The van der Waals surface area contributed by atoms with Crippen LogP contribution in [0.1, 0.15) is 0 Å². The molecule has 5 heteroatoms. The molecule has 0 radical (unpaired) electrons. The van der Waals surface area contributed by atoms with Crippen molar-refractivity contribution in [3.05, 3.63) is 35.3 Å². The van der Waals surface area contributed by atoms with Crippen LogP contribution in [0, 0.1) is 0 Å². The molecule has 4 nitrogen and oxygen atoms in total. The maximum atomic E-state index is 11.7. The lowest BCUT2D eigenvalue weighted by Crippen LogP contribution is -2.28. The standard InChI is InChI=1S/C13H18BrN3O/c1-4-7-15-9-13(18)16-11-8-10(14)5-6-12(11)17(2)3/h4-6,8,15H,1,7,9H2,2-3H3,(H,16,18). The first-order chi connectivity index (χ1) is 8.54. The maximum absolute atomic E-state index is 11.7. The number of nitrogens with one attached hydrogen (secondary N) is 2. The summed E-state index contributed by atoms with van der Waals surface area (Å²) >= 11 is 3.40. The molecule has 0 bridgehead atoms. The van der Waals surface area contributed by atoms with Crippen LogP contribution in [-0.4, -0.2) is 33.1 Å². The highest BCUT2D eigenvalue weighted by molar-refractivity contribution is 9.10. The third-order valence-electron chi connectivity index (χ3n) is 2.29. The molecule has 0 fully saturated rings. The van der Waals surface area contributed by atoms with Crippen LogP contribution in [-0.2, 0) is 4.79 Å². The molecule has 0 spiro atoms. The van der Waals surface area contributed by atoms with Crippen LogP contribution >= 0.6 is 15.9 Å². The second-order valence-corrected chi connectivity index (χ2v) is 4.94. The summed E-state index contributed by atoms with van der Waals surface area (Å²) in [6, 6.07) is 5.79. The third-order valence-corrected chi connectivity index (χ3v) is 2.78. The van der Waals surface area contributed by atoms with Crippen molar-refractivity contribution in [1.29, 1.82) is 0 Å². The van der Waals surface area contributed by atoms with Gasteiger partial charge in [0.05, 0.1) is 17.9 Å². The molecule has 1 amide bonds. The lowest BCUT2D eigenvalue weighted by atomic mass is 10.2. The molecule has 0 unspecified atom stereocenters. The summed E-state index contributed by atoms with van der Waals surface area (Å²) in [5, 5.41) is 5.85. The van der Waals surface area contributed by atoms with Gasteiger partial charge < -0.3 is 15.5 Å². The van der Waals surface area contributed by atoms with E-state index in [4.69, 9.17) is 0 Å². The van der Waals surface area contributed by atoms with E-state index in [1.165, 1.54) is 0 Å². The van der Waals surface area contributed by atoms with Gasteiger partial charge in [0.2, 0.25) is 5.91 Å². The lowest BCUT2D eigenvalue weighted by Gasteiger charge is -2.18. The number of amides is 1. The molecule has 1 aromatic rings. The Morgan fingerprint density at radius 2 is 2.22 bits per heavy atom. The van der Waals surface area contributed by atoms with Crippen molar-refractivity contribution in [2.24, 2.45) is 0 Å². The van der Waals surface area contributed by atoms with Crippen LogP contribution < -0.4 is 15.5 Å². The van der Waals surface area contributed by atoms with Gasteiger partial charge in [0.1, 0.15) is 0 Å². The molecular weight excluding hydrogens is 294 g/mol. The van der Waals surface area contributed by atoms with Crippen LogP contribution in [0.4, 0.5) is 11.4 Å². The Bertz CT molecular complexity index is 432. The van der Waals surface area contributed by atoms with Gasteiger partial charge in [-0.2, -0.15) is 0 Å². The monoisotopic (exact) mass is 311 g/mol. The number of carbonyl (C=O) groups is 1. The quantitative estimate of drug-likeness (QED) is 0.625. The minimum absolute atomic E-state index is 0.0713. The third kappa shape index (κ3) is 4.50. The molecule has 2 N–H and O–H groups in total. The number of rotatable bonds is 6. The average molecular weight is 312 g/mol. The molecule has 0 aliphatic rings. The summed E-state index contributed by atoms with van der Waals surface area (Å²) in [6.07, 6.45) is 1.72. The molecule has 0 atom stereocenters. The van der Waals surface area contributed by atoms with E-state index in [-0.39, 0.29) is 12.5 Å². The van der Waals surface area contributed by atoms with Crippen LogP contribution in [0.15, 0.2) is 35.3 Å². The van der Waals surface area contributed by atoms with Crippen molar-refractivity contribution < 1.29 is 4.79 Å². The molecule has 0 aromatic heterocycles. The highest BCUT2D eigenvalue weighted by Crippen LogP contribution is 2.27. The highest BCUT2D eigenvalue weighted by Gasteiger charge is 2.08. The molecule has 0 aliphatic carbocycles. The Kier molecular flexibility index (Phi) is 5.88. The predicted molar refractivity (Wildman–Crippen MR) is 80.2 cm³/mol. The fraction of sp³-hybridized carbons (Fsp3) is 0.308. The van der Waals surface area contributed by atoms with Gasteiger partial charge in [-0.25, -0.2) is 0 Å². The Hall–Kier alpha value is -1.33. The van der Waals surface area contributed by atoms with Crippen molar-refractivity contribution in [3.63, 3.8) is 0 Å². The Labute approximate surface area is 116 Å². The summed E-state index contributed by atoms with van der Waals surface area (Å²) < 4.78 is 0.933. The highest BCUT2D eigenvalue weighted by atomic mass is 79.9. The van der Waals surface area contributed by atoms with E-state index in [9.17, 15) is 4.79 Å². The fourth-order valence-corrected chi connectivity index (χ4v) is 1.84. The van der Waals surface area contributed by atoms with Gasteiger partial charge in [-0.1, -0.05) is 22.0 Å². The SMILES string of the molecule is C=CCNCC(=O)Nc1cc(Br)ccc1N(C)C. The topological polar surface area (TPSA) is 44.4 Å². The van der Waals surface area contributed by atoms with Crippen molar-refractivity contribution >= 4 is 33.2 Å². The Morgan fingerprint density at radius 3 is 2.83 bits per heavy atom. The van der Waals surface area contributed by atoms with Gasteiger partial charge in [0.15, 0.2) is 0 Å². The van der Waals surface area contributed by atoms with Crippen LogP contribution in [0.3, 0.4) is 0 Å². The van der Waals surface area contributed by atoms with Gasteiger partial charge in [0.25, 0.3) is 0 Å². The number of nitrogens with zero attached hydrogens (tertiary/aromatic N) is 1. The van der Waals surface area contributed by atoms with Gasteiger partial charge in [-0.3, -0.25) is 4.79 Å². The molecule has 0 heterocycles. The Balaban J connectivity index is 2.73. The molecule has 18 heavy (non-hydrogen) atoms. The predicted octanol–water partition coefficient (Wildman–Crippen LogP) is 2.23. The fourth-order valence-electron chi connectivity index (χ4n) is 1.48. The molecule has 98 valence electrons. The number of carbonyl (C=O) groups excluding carboxylic acids is 1. The first kappa shape index (κ1) is 14.7. The molecule has 0 saturated heterocycles. The van der Waals surface area contributed by atoms with Gasteiger partial charge in [-0.05, 0) is 18.2 Å². The maximum Gasteiger partial charge on any atom is 0.238 e. The summed E-state index contributed by atoms with van der Waals surface area (Å²) in [5.41, 5.74) is 1.76. The number of halogens is 1. The normalized spacial score (nSPS) is 9.94. The lowest BCUT2D eigenvalue weighted by molar-refractivity contribution is -0.115. The second-order valence-electron chi connectivity index (χ2n) is 4.02. The first-order valence-electron chi connectivity index (χ1n) is 5.63. The van der Waals surface area contributed by atoms with E-state index in [0.717, 1.165) is 15.8 Å². The van der Waals surface area contributed by atoms with E-state index in [1.807, 2.05) is 37.2 Å². The zero-order valence-electron chi connectivity index (χ0n) is 10.7. The smallest absolute Gasteiger partial charge is 0.238 e. The first-order valence-corrected chi connectivity index (χ1v) is 6.42. The van der Waals surface area contributed by atoms with Gasteiger partial charge in [0, 0.05) is 25.1 Å². The van der Waals surface area contributed by atoms with Crippen molar-refractivity contribution in [2.75, 3.05) is 37.4 Å². The molecule has 1 aromatic carbocycles. The molecule has 0 saturated carbocycles. The average Bonchev–Trinajstić information content (AvgIpc) is 2.29. The molecule has 1 rings (SSSR count). The second kappa shape index (κ2) is 7.18. The van der Waals surface area contributed by atoms with E-state index in [1.54, 1.807) is 6.08 Å². The molecule has 0 aliphatic heterocycles. The van der Waals surface area contributed by atoms with E-state index >= 15 is 0 Å². The summed E-state index contributed by atoms with van der Waals surface area (Å²) in [4.78, 5) is 13.7. The van der Waals surface area contributed by atoms with E-state index in [2.05, 4.69) is 33.1 Å². The van der Waals surface area contributed by atoms with Crippen molar-refractivity contribution in [1.82, 2.24) is 5.32 Å². The Morgan fingerprint density at radius 1 is 1.50 bits per heavy atom. The summed E-state index contributed by atoms with van der Waals surface area (Å²) in [6.45, 7) is 4.47. The van der Waals surface area contributed by atoms with E-state index < -0.39 is 0 Å². The minimum Gasteiger partial charge on any atom is -0.376 e. The van der Waals surface area contributed by atoms with Crippen LogP contribution in [0.25, 0.3) is 0 Å². The van der Waals surface area contributed by atoms with Crippen molar-refractivity contribution in [2.45, 2.75) is 0 Å². The minimum atomic E-state index is -0.0713. The van der Waals surface area contributed by atoms with Crippen LogP contribution in [0.5, 0.6) is 0 Å². The van der Waals surface area contributed by atoms with Gasteiger partial charge >= 0.3 is 0 Å². The summed E-state index contributed by atoms with van der Waals surface area (Å²) in [5.74, 6) is -0.0713. The van der Waals surface area contributed by atoms with Crippen molar-refractivity contribution in [3.8, 4) is 0 Å². The largest absolute Gasteiger partial charge is 0.376 e.